The minimum atomic E-state index is -0.0658. The van der Waals surface area contributed by atoms with Gasteiger partial charge in [-0.15, -0.1) is 0 Å². The van der Waals surface area contributed by atoms with E-state index < -0.39 is 0 Å². The van der Waals surface area contributed by atoms with E-state index in [0.29, 0.717) is 12.3 Å². The van der Waals surface area contributed by atoms with Gasteiger partial charge in [0.15, 0.2) is 0 Å². The topological polar surface area (TPSA) is 36.4 Å². The number of hydrogen-bond donors (Lipinski definition) is 1. The molecule has 1 aromatic carbocycles. The highest BCUT2D eigenvalue weighted by Crippen LogP contribution is 2.33. The van der Waals surface area contributed by atoms with Gasteiger partial charge in [-0.05, 0) is 23.1 Å². The average Bonchev–Trinajstić information content (AvgIpc) is 2.40. The van der Waals surface area contributed by atoms with Crippen LogP contribution in [0.5, 0.6) is 5.75 Å². The Hall–Kier alpha value is -2.03. The number of phenolic OH excluding ortho intramolecular Hbond substituents is 1. The van der Waals surface area contributed by atoms with Gasteiger partial charge in [0.25, 0.3) is 0 Å². The maximum Gasteiger partial charge on any atom is 0.128 e. The molecular weight excluding hydrogens is 248 g/mol. The van der Waals surface area contributed by atoms with Gasteiger partial charge in [-0.25, -0.2) is 4.98 Å². The molecule has 0 saturated carbocycles. The first-order chi connectivity index (χ1) is 9.39. The zero-order valence-corrected chi connectivity index (χ0v) is 12.6. The third kappa shape index (κ3) is 3.10. The third-order valence-electron chi connectivity index (χ3n) is 3.38. The number of aromatic nitrogens is 1. The molecule has 0 aliphatic carbocycles. The molecule has 20 heavy (non-hydrogen) atoms. The zero-order valence-electron chi connectivity index (χ0n) is 12.6. The summed E-state index contributed by atoms with van der Waals surface area (Å²) in [5, 5.41) is 10.5. The average molecular weight is 270 g/mol. The van der Waals surface area contributed by atoms with E-state index in [0.717, 1.165) is 16.9 Å². The van der Waals surface area contributed by atoms with Gasteiger partial charge >= 0.3 is 0 Å². The van der Waals surface area contributed by atoms with E-state index in [9.17, 15) is 5.11 Å². The van der Waals surface area contributed by atoms with E-state index >= 15 is 0 Å². The molecule has 0 radical (unpaired) electrons. The molecule has 0 bridgehead atoms. The Kier molecular flexibility index (Phi) is 3.98. The summed E-state index contributed by atoms with van der Waals surface area (Å²) >= 11 is 0. The second-order valence-electron chi connectivity index (χ2n) is 6.11. The van der Waals surface area contributed by atoms with Crippen molar-refractivity contribution in [2.45, 2.75) is 32.7 Å². The molecule has 0 atom stereocenters. The smallest absolute Gasteiger partial charge is 0.128 e. The molecule has 106 valence electrons. The molecule has 3 nitrogen and oxygen atoms in total. The summed E-state index contributed by atoms with van der Waals surface area (Å²) in [4.78, 5) is 6.35. The van der Waals surface area contributed by atoms with E-state index in [4.69, 9.17) is 0 Å². The molecule has 1 heterocycles. The summed E-state index contributed by atoms with van der Waals surface area (Å²) in [7, 11) is 1.98. The molecule has 3 heteroatoms. The molecule has 0 saturated heterocycles. The standard InChI is InChI=1S/C17H22N2O/c1-17(2,3)14-9-7-8-13(16(14)20)12-19(4)15-10-5-6-11-18-15/h5-11,20H,12H2,1-4H3. The van der Waals surface area contributed by atoms with Crippen LogP contribution in [0.1, 0.15) is 31.9 Å². The van der Waals surface area contributed by atoms with E-state index in [1.54, 1.807) is 6.20 Å². The Balaban J connectivity index is 2.27. The van der Waals surface area contributed by atoms with Crippen molar-refractivity contribution in [2.75, 3.05) is 11.9 Å². The van der Waals surface area contributed by atoms with Crippen LogP contribution in [-0.4, -0.2) is 17.1 Å². The van der Waals surface area contributed by atoms with Crippen molar-refractivity contribution in [3.8, 4) is 5.75 Å². The molecule has 2 rings (SSSR count). The monoisotopic (exact) mass is 270 g/mol. The van der Waals surface area contributed by atoms with E-state index in [1.165, 1.54) is 0 Å². The normalized spacial score (nSPS) is 11.4. The second-order valence-corrected chi connectivity index (χ2v) is 6.11. The number of hydrogen-bond acceptors (Lipinski definition) is 3. The Labute approximate surface area is 120 Å². The number of phenols is 1. The summed E-state index contributed by atoms with van der Waals surface area (Å²) < 4.78 is 0. The highest BCUT2D eigenvalue weighted by atomic mass is 16.3. The van der Waals surface area contributed by atoms with E-state index in [2.05, 4.69) is 25.8 Å². The van der Waals surface area contributed by atoms with Crippen LogP contribution < -0.4 is 4.90 Å². The van der Waals surface area contributed by atoms with Crippen molar-refractivity contribution in [3.05, 3.63) is 53.7 Å². The lowest BCUT2D eigenvalue weighted by Crippen LogP contribution is -2.19. The summed E-state index contributed by atoms with van der Waals surface area (Å²) in [6.45, 7) is 6.95. The maximum atomic E-state index is 10.5. The molecule has 0 fully saturated rings. The largest absolute Gasteiger partial charge is 0.507 e. The molecule has 1 aromatic heterocycles. The number of para-hydroxylation sites is 1. The number of nitrogens with zero attached hydrogens (tertiary/aromatic N) is 2. The molecule has 1 N–H and O–H groups in total. The Morgan fingerprint density at radius 2 is 1.85 bits per heavy atom. The molecule has 0 aliphatic heterocycles. The Morgan fingerprint density at radius 3 is 2.45 bits per heavy atom. The van der Waals surface area contributed by atoms with Crippen LogP contribution in [0, 0.1) is 0 Å². The predicted octanol–water partition coefficient (Wildman–Crippen LogP) is 3.72. The molecule has 0 aliphatic rings. The van der Waals surface area contributed by atoms with Crippen LogP contribution in [0.4, 0.5) is 5.82 Å². The molecule has 2 aromatic rings. The van der Waals surface area contributed by atoms with Crippen LogP contribution in [0.25, 0.3) is 0 Å². The van der Waals surface area contributed by atoms with Crippen LogP contribution in [-0.2, 0) is 12.0 Å². The summed E-state index contributed by atoms with van der Waals surface area (Å²) in [6.07, 6.45) is 1.78. The van der Waals surface area contributed by atoms with E-state index in [-0.39, 0.29) is 5.41 Å². The quantitative estimate of drug-likeness (QED) is 0.923. The number of aromatic hydroxyl groups is 1. The minimum Gasteiger partial charge on any atom is -0.507 e. The minimum absolute atomic E-state index is 0.0658. The Bertz CT molecular complexity index is 573. The molecule has 0 spiro atoms. The predicted molar refractivity (Wildman–Crippen MR) is 83.2 cm³/mol. The summed E-state index contributed by atoms with van der Waals surface area (Å²) in [6, 6.07) is 11.8. The van der Waals surface area contributed by atoms with Gasteiger partial charge in [0.1, 0.15) is 11.6 Å². The van der Waals surface area contributed by atoms with Crippen molar-refractivity contribution in [3.63, 3.8) is 0 Å². The van der Waals surface area contributed by atoms with Crippen molar-refractivity contribution in [2.24, 2.45) is 0 Å². The number of pyridine rings is 1. The second kappa shape index (κ2) is 5.53. The SMILES string of the molecule is CN(Cc1cccc(C(C)(C)C)c1O)c1ccccn1. The number of benzene rings is 1. The van der Waals surface area contributed by atoms with Crippen LogP contribution in [0.15, 0.2) is 42.6 Å². The molecule has 0 unspecified atom stereocenters. The van der Waals surface area contributed by atoms with Gasteiger partial charge < -0.3 is 10.0 Å². The van der Waals surface area contributed by atoms with E-state index in [1.807, 2.05) is 48.3 Å². The van der Waals surface area contributed by atoms with Crippen LogP contribution in [0.3, 0.4) is 0 Å². The fraction of sp³-hybridized carbons (Fsp3) is 0.353. The lowest BCUT2D eigenvalue weighted by atomic mass is 9.85. The lowest BCUT2D eigenvalue weighted by molar-refractivity contribution is 0.440. The summed E-state index contributed by atoms with van der Waals surface area (Å²) in [5.41, 5.74) is 1.83. The van der Waals surface area contributed by atoms with Crippen molar-refractivity contribution < 1.29 is 5.11 Å². The summed E-state index contributed by atoms with van der Waals surface area (Å²) in [5.74, 6) is 1.29. The van der Waals surface area contributed by atoms with Crippen molar-refractivity contribution in [1.29, 1.82) is 0 Å². The van der Waals surface area contributed by atoms with Crippen LogP contribution in [0.2, 0.25) is 0 Å². The highest BCUT2D eigenvalue weighted by Gasteiger charge is 2.20. The molecular formula is C17H22N2O. The fourth-order valence-corrected chi connectivity index (χ4v) is 2.24. The zero-order chi connectivity index (χ0) is 14.8. The lowest BCUT2D eigenvalue weighted by Gasteiger charge is -2.24. The van der Waals surface area contributed by atoms with Crippen molar-refractivity contribution in [1.82, 2.24) is 4.98 Å². The van der Waals surface area contributed by atoms with Crippen molar-refractivity contribution >= 4 is 5.82 Å². The highest BCUT2D eigenvalue weighted by molar-refractivity contribution is 5.47. The van der Waals surface area contributed by atoms with Gasteiger partial charge in [-0.2, -0.15) is 0 Å². The van der Waals surface area contributed by atoms with Gasteiger partial charge in [0.2, 0.25) is 0 Å². The molecule has 0 amide bonds. The van der Waals surface area contributed by atoms with Crippen LogP contribution >= 0.6 is 0 Å². The number of rotatable bonds is 3. The first-order valence-electron chi connectivity index (χ1n) is 6.83. The number of anilines is 1. The first kappa shape index (κ1) is 14.4. The third-order valence-corrected chi connectivity index (χ3v) is 3.38. The van der Waals surface area contributed by atoms with Gasteiger partial charge in [0.05, 0.1) is 0 Å². The maximum absolute atomic E-state index is 10.5. The first-order valence-corrected chi connectivity index (χ1v) is 6.83. The Morgan fingerprint density at radius 1 is 1.10 bits per heavy atom. The van der Waals surface area contributed by atoms with Gasteiger partial charge in [0, 0.05) is 25.4 Å². The fourth-order valence-electron chi connectivity index (χ4n) is 2.24. The van der Waals surface area contributed by atoms with Gasteiger partial charge in [-0.3, -0.25) is 0 Å². The van der Waals surface area contributed by atoms with Gasteiger partial charge in [-0.1, -0.05) is 45.0 Å².